The molecule has 98 valence electrons. The number of aryl methyl sites for hydroxylation is 1. The smallest absolute Gasteiger partial charge is 0.191 e. The van der Waals surface area contributed by atoms with Gasteiger partial charge in [-0.1, -0.05) is 17.7 Å². The fourth-order valence-electron chi connectivity index (χ4n) is 1.78. The van der Waals surface area contributed by atoms with Gasteiger partial charge in [-0.3, -0.25) is 4.79 Å². The third-order valence-electron chi connectivity index (χ3n) is 2.64. The molecule has 1 aromatic carbocycles. The molecule has 5 heteroatoms. The number of Topliss-reactive ketones (excluding diaryl/α,β-unsaturated/α-hetero) is 1. The first-order valence-electron chi connectivity index (χ1n) is 5.79. The molecule has 0 spiro atoms. The van der Waals surface area contributed by atoms with Crippen molar-refractivity contribution in [3.8, 4) is 0 Å². The van der Waals surface area contributed by atoms with Crippen molar-refractivity contribution < 1.29 is 9.90 Å². The number of benzene rings is 1. The topological polar surface area (TPSA) is 63.1 Å². The Bertz CT molecular complexity index is 577. The minimum atomic E-state index is -0.532. The number of halogens is 1. The fraction of sp³-hybridized carbons (Fsp3) is 0.214. The molecule has 0 atom stereocenters. The molecule has 0 bridgehead atoms. The number of nitrogens with zero attached hydrogens (tertiary/aromatic N) is 2. The second kappa shape index (κ2) is 5.91. The average Bonchev–Trinajstić information content (AvgIpc) is 2.37. The van der Waals surface area contributed by atoms with Gasteiger partial charge in [0.25, 0.3) is 0 Å². The van der Waals surface area contributed by atoms with Gasteiger partial charge in [0.05, 0.1) is 5.56 Å². The zero-order chi connectivity index (χ0) is 13.8. The van der Waals surface area contributed by atoms with Crippen molar-refractivity contribution in [1.29, 1.82) is 0 Å². The van der Waals surface area contributed by atoms with E-state index in [-0.39, 0.29) is 5.78 Å². The molecule has 1 aromatic heterocycles. The summed E-state index contributed by atoms with van der Waals surface area (Å²) in [7, 11) is 0. The number of carbonyl (C=O) groups excluding carboxylic acids is 1. The van der Waals surface area contributed by atoms with Crippen molar-refractivity contribution in [2.45, 2.75) is 13.3 Å². The average molecular weight is 277 g/mol. The minimum absolute atomic E-state index is 0.313. The molecular formula is C14H13ClN2O2. The van der Waals surface area contributed by atoms with Gasteiger partial charge in [-0.05, 0) is 30.2 Å². The Hall–Kier alpha value is -1.78. The zero-order valence-corrected chi connectivity index (χ0v) is 11.2. The van der Waals surface area contributed by atoms with Gasteiger partial charge in [-0.2, -0.15) is 0 Å². The normalized spacial score (nSPS) is 10.5. The summed E-state index contributed by atoms with van der Waals surface area (Å²) in [4.78, 5) is 19.5. The molecule has 1 N–H and O–H groups in total. The van der Waals surface area contributed by atoms with E-state index < -0.39 is 6.61 Å². The van der Waals surface area contributed by atoms with Crippen LogP contribution >= 0.6 is 11.6 Å². The predicted molar refractivity (Wildman–Crippen MR) is 72.4 cm³/mol. The highest BCUT2D eigenvalue weighted by molar-refractivity contribution is 6.30. The van der Waals surface area contributed by atoms with E-state index >= 15 is 0 Å². The first-order chi connectivity index (χ1) is 9.08. The first kappa shape index (κ1) is 13.6. The molecule has 19 heavy (non-hydrogen) atoms. The Labute approximate surface area is 116 Å². The SMILES string of the molecule is Cc1cc(Cl)cc(Cc2ncc(C(=O)CO)cn2)c1. The fourth-order valence-corrected chi connectivity index (χ4v) is 2.09. The number of aliphatic hydroxyl groups is 1. The van der Waals surface area contributed by atoms with E-state index in [1.807, 2.05) is 25.1 Å². The van der Waals surface area contributed by atoms with Crippen LogP contribution in [-0.4, -0.2) is 27.5 Å². The van der Waals surface area contributed by atoms with E-state index in [1.165, 1.54) is 12.4 Å². The van der Waals surface area contributed by atoms with Gasteiger partial charge in [-0.25, -0.2) is 9.97 Å². The molecular weight excluding hydrogens is 264 g/mol. The van der Waals surface area contributed by atoms with Gasteiger partial charge >= 0.3 is 0 Å². The monoisotopic (exact) mass is 276 g/mol. The lowest BCUT2D eigenvalue weighted by atomic mass is 10.1. The summed E-state index contributed by atoms with van der Waals surface area (Å²) in [6, 6.07) is 5.77. The van der Waals surface area contributed by atoms with E-state index in [0.717, 1.165) is 11.1 Å². The summed E-state index contributed by atoms with van der Waals surface area (Å²) in [6.07, 6.45) is 3.41. The molecule has 0 unspecified atom stereocenters. The molecule has 0 aliphatic carbocycles. The highest BCUT2D eigenvalue weighted by Crippen LogP contribution is 2.16. The summed E-state index contributed by atoms with van der Waals surface area (Å²) in [5, 5.41) is 9.42. The Kier molecular flexibility index (Phi) is 4.24. The van der Waals surface area contributed by atoms with Crippen LogP contribution in [0.15, 0.2) is 30.6 Å². The van der Waals surface area contributed by atoms with Crippen molar-refractivity contribution in [3.63, 3.8) is 0 Å². The van der Waals surface area contributed by atoms with Crippen LogP contribution in [0.1, 0.15) is 27.3 Å². The summed E-state index contributed by atoms with van der Waals surface area (Å²) in [6.45, 7) is 1.44. The van der Waals surface area contributed by atoms with Crippen molar-refractivity contribution in [2.24, 2.45) is 0 Å². The van der Waals surface area contributed by atoms with Gasteiger partial charge in [0, 0.05) is 23.8 Å². The quantitative estimate of drug-likeness (QED) is 0.870. The van der Waals surface area contributed by atoms with E-state index in [0.29, 0.717) is 22.8 Å². The van der Waals surface area contributed by atoms with Crippen LogP contribution in [0.25, 0.3) is 0 Å². The number of carbonyl (C=O) groups is 1. The minimum Gasteiger partial charge on any atom is -0.388 e. The van der Waals surface area contributed by atoms with Gasteiger partial charge in [0.1, 0.15) is 12.4 Å². The highest BCUT2D eigenvalue weighted by Gasteiger charge is 2.06. The second-order valence-corrected chi connectivity index (χ2v) is 4.72. The lowest BCUT2D eigenvalue weighted by molar-refractivity contribution is 0.0903. The largest absolute Gasteiger partial charge is 0.388 e. The first-order valence-corrected chi connectivity index (χ1v) is 6.17. The van der Waals surface area contributed by atoms with E-state index in [9.17, 15) is 4.79 Å². The third-order valence-corrected chi connectivity index (χ3v) is 2.85. The Balaban J connectivity index is 2.17. The van der Waals surface area contributed by atoms with Gasteiger partial charge in [-0.15, -0.1) is 0 Å². The Morgan fingerprint density at radius 1 is 1.26 bits per heavy atom. The van der Waals surface area contributed by atoms with Crippen molar-refractivity contribution in [1.82, 2.24) is 9.97 Å². The molecule has 0 aliphatic heterocycles. The standard InChI is InChI=1S/C14H13ClN2O2/c1-9-2-10(4-12(15)3-9)5-14-16-6-11(7-17-14)13(19)8-18/h2-4,6-7,18H,5,8H2,1H3. The molecule has 2 aromatic rings. The van der Waals surface area contributed by atoms with Crippen LogP contribution in [0.5, 0.6) is 0 Å². The Morgan fingerprint density at radius 3 is 2.53 bits per heavy atom. The van der Waals surface area contributed by atoms with Gasteiger partial charge in [0.2, 0.25) is 0 Å². The lowest BCUT2D eigenvalue weighted by Gasteiger charge is -2.04. The molecule has 1 heterocycles. The summed E-state index contributed by atoms with van der Waals surface area (Å²) >= 11 is 5.99. The van der Waals surface area contributed by atoms with Crippen LogP contribution in [-0.2, 0) is 6.42 Å². The zero-order valence-electron chi connectivity index (χ0n) is 10.4. The van der Waals surface area contributed by atoms with Crippen LogP contribution < -0.4 is 0 Å². The second-order valence-electron chi connectivity index (χ2n) is 4.28. The number of ketones is 1. The number of hydrogen-bond acceptors (Lipinski definition) is 4. The lowest BCUT2D eigenvalue weighted by Crippen LogP contribution is -2.07. The van der Waals surface area contributed by atoms with Crippen LogP contribution in [0.4, 0.5) is 0 Å². The highest BCUT2D eigenvalue weighted by atomic mass is 35.5. The van der Waals surface area contributed by atoms with E-state index in [4.69, 9.17) is 16.7 Å². The molecule has 0 amide bonds. The van der Waals surface area contributed by atoms with Gasteiger partial charge in [0.15, 0.2) is 5.78 Å². The maximum absolute atomic E-state index is 11.2. The maximum Gasteiger partial charge on any atom is 0.191 e. The van der Waals surface area contributed by atoms with E-state index in [1.54, 1.807) is 0 Å². The molecule has 0 saturated carbocycles. The summed E-state index contributed by atoms with van der Waals surface area (Å²) in [5.41, 5.74) is 2.41. The molecule has 0 radical (unpaired) electrons. The molecule has 0 saturated heterocycles. The number of aliphatic hydroxyl groups excluding tert-OH is 1. The maximum atomic E-state index is 11.2. The molecule has 0 fully saturated rings. The summed E-state index contributed by atoms with van der Waals surface area (Å²) in [5.74, 6) is 0.223. The van der Waals surface area contributed by atoms with Crippen molar-refractivity contribution >= 4 is 17.4 Å². The molecule has 4 nitrogen and oxygen atoms in total. The van der Waals surface area contributed by atoms with Crippen molar-refractivity contribution in [2.75, 3.05) is 6.61 Å². The number of hydrogen-bond donors (Lipinski definition) is 1. The number of aromatic nitrogens is 2. The van der Waals surface area contributed by atoms with Gasteiger partial charge < -0.3 is 5.11 Å². The van der Waals surface area contributed by atoms with E-state index in [2.05, 4.69) is 9.97 Å². The van der Waals surface area contributed by atoms with Crippen LogP contribution in [0, 0.1) is 6.92 Å². The number of rotatable bonds is 4. The van der Waals surface area contributed by atoms with Crippen LogP contribution in [0.2, 0.25) is 5.02 Å². The predicted octanol–water partition coefficient (Wildman–Crippen LogP) is 2.20. The third kappa shape index (κ3) is 3.59. The summed E-state index contributed by atoms with van der Waals surface area (Å²) < 4.78 is 0. The van der Waals surface area contributed by atoms with Crippen molar-refractivity contribution in [3.05, 3.63) is 58.1 Å². The molecule has 0 aliphatic rings. The Morgan fingerprint density at radius 2 is 1.95 bits per heavy atom. The van der Waals surface area contributed by atoms with Crippen LogP contribution in [0.3, 0.4) is 0 Å². The molecule has 2 rings (SSSR count).